The van der Waals surface area contributed by atoms with E-state index >= 15 is 0 Å². The molecule has 4 heterocycles. The molecule has 28 heavy (non-hydrogen) atoms. The summed E-state index contributed by atoms with van der Waals surface area (Å²) in [4.78, 5) is 30.7. The molecule has 2 aromatic heterocycles. The standard InChI is InChI=1S/C22H27N5O/c28-20-8-10-22(15-27(20)13-17-5-1-2-11-23-17)9-4-12-26(14-22)21-18-6-3-7-19(18)24-16-25-21/h1-2,5,11,16H,3-4,6-10,12-15H2/t22-/m0/s1. The van der Waals surface area contributed by atoms with E-state index in [1.165, 1.54) is 24.1 Å². The second kappa shape index (κ2) is 7.15. The van der Waals surface area contributed by atoms with Crippen molar-refractivity contribution in [3.05, 3.63) is 47.7 Å². The lowest BCUT2D eigenvalue weighted by Gasteiger charge is -2.48. The van der Waals surface area contributed by atoms with Crippen LogP contribution in [0.25, 0.3) is 0 Å². The molecular weight excluding hydrogens is 350 g/mol. The van der Waals surface area contributed by atoms with E-state index in [1.54, 1.807) is 12.5 Å². The van der Waals surface area contributed by atoms with Crippen molar-refractivity contribution < 1.29 is 4.79 Å². The van der Waals surface area contributed by atoms with E-state index in [4.69, 9.17) is 0 Å². The average molecular weight is 377 g/mol. The molecule has 0 bridgehead atoms. The Bertz CT molecular complexity index is 870. The van der Waals surface area contributed by atoms with Crippen LogP contribution >= 0.6 is 0 Å². The number of amides is 1. The number of pyridine rings is 1. The smallest absolute Gasteiger partial charge is 0.222 e. The lowest BCUT2D eigenvalue weighted by Crippen LogP contribution is -2.54. The predicted molar refractivity (Wildman–Crippen MR) is 107 cm³/mol. The number of anilines is 1. The lowest BCUT2D eigenvalue weighted by atomic mass is 9.73. The highest BCUT2D eigenvalue weighted by Gasteiger charge is 2.42. The number of carbonyl (C=O) groups excluding carboxylic acids is 1. The minimum Gasteiger partial charge on any atom is -0.356 e. The van der Waals surface area contributed by atoms with Gasteiger partial charge in [-0.05, 0) is 50.7 Å². The Hall–Kier alpha value is -2.50. The third-order valence-electron chi connectivity index (χ3n) is 6.64. The third-order valence-corrected chi connectivity index (χ3v) is 6.64. The maximum atomic E-state index is 12.6. The largest absolute Gasteiger partial charge is 0.356 e. The summed E-state index contributed by atoms with van der Waals surface area (Å²) in [6.07, 6.45) is 10.9. The van der Waals surface area contributed by atoms with E-state index in [1.807, 2.05) is 23.1 Å². The molecule has 0 radical (unpaired) electrons. The zero-order valence-electron chi connectivity index (χ0n) is 16.3. The topological polar surface area (TPSA) is 62.2 Å². The van der Waals surface area contributed by atoms with Gasteiger partial charge < -0.3 is 9.80 Å². The van der Waals surface area contributed by atoms with Crippen LogP contribution in [0.5, 0.6) is 0 Å². The second-order valence-corrected chi connectivity index (χ2v) is 8.57. The summed E-state index contributed by atoms with van der Waals surface area (Å²) in [6.45, 7) is 3.48. The monoisotopic (exact) mass is 377 g/mol. The van der Waals surface area contributed by atoms with Crippen LogP contribution < -0.4 is 4.90 Å². The van der Waals surface area contributed by atoms with Crippen molar-refractivity contribution in [1.29, 1.82) is 0 Å². The number of nitrogens with zero attached hydrogens (tertiary/aromatic N) is 5. The number of hydrogen-bond donors (Lipinski definition) is 0. The molecular formula is C22H27N5O. The van der Waals surface area contributed by atoms with Crippen molar-refractivity contribution >= 4 is 11.7 Å². The van der Waals surface area contributed by atoms with Crippen LogP contribution in [-0.4, -0.2) is 45.4 Å². The Morgan fingerprint density at radius 3 is 2.86 bits per heavy atom. The number of rotatable bonds is 3. The Labute approximate surface area is 166 Å². The highest BCUT2D eigenvalue weighted by atomic mass is 16.2. The molecule has 0 aromatic carbocycles. The van der Waals surface area contributed by atoms with E-state index in [-0.39, 0.29) is 11.3 Å². The van der Waals surface area contributed by atoms with Gasteiger partial charge in [0.05, 0.1) is 12.2 Å². The van der Waals surface area contributed by atoms with Crippen molar-refractivity contribution in [2.45, 2.75) is 51.5 Å². The zero-order valence-corrected chi connectivity index (χ0v) is 16.3. The quantitative estimate of drug-likeness (QED) is 0.823. The van der Waals surface area contributed by atoms with Crippen molar-refractivity contribution in [2.75, 3.05) is 24.5 Å². The fourth-order valence-corrected chi connectivity index (χ4v) is 5.27. The van der Waals surface area contributed by atoms with Gasteiger partial charge in [-0.1, -0.05) is 6.07 Å². The van der Waals surface area contributed by atoms with Crippen LogP contribution in [0.4, 0.5) is 5.82 Å². The number of likely N-dealkylation sites (tertiary alicyclic amines) is 1. The van der Waals surface area contributed by atoms with Crippen LogP contribution in [0.1, 0.15) is 49.1 Å². The molecule has 6 heteroatoms. The van der Waals surface area contributed by atoms with Crippen LogP contribution in [0.15, 0.2) is 30.7 Å². The van der Waals surface area contributed by atoms with Gasteiger partial charge in [-0.15, -0.1) is 0 Å². The van der Waals surface area contributed by atoms with Gasteiger partial charge in [-0.25, -0.2) is 9.97 Å². The average Bonchev–Trinajstić information content (AvgIpc) is 3.21. The van der Waals surface area contributed by atoms with Crippen molar-refractivity contribution in [2.24, 2.45) is 5.41 Å². The second-order valence-electron chi connectivity index (χ2n) is 8.57. The van der Waals surface area contributed by atoms with Gasteiger partial charge in [0.1, 0.15) is 12.1 Å². The first-order chi connectivity index (χ1) is 13.7. The first-order valence-corrected chi connectivity index (χ1v) is 10.5. The number of hydrogen-bond acceptors (Lipinski definition) is 5. The maximum Gasteiger partial charge on any atom is 0.222 e. The zero-order chi connectivity index (χ0) is 19.0. The number of piperidine rings is 2. The lowest BCUT2D eigenvalue weighted by molar-refractivity contribution is -0.138. The number of fused-ring (bicyclic) bond motifs is 1. The Morgan fingerprint density at radius 1 is 1.00 bits per heavy atom. The molecule has 1 atom stereocenters. The van der Waals surface area contributed by atoms with Crippen molar-refractivity contribution in [3.63, 3.8) is 0 Å². The summed E-state index contributed by atoms with van der Waals surface area (Å²) in [6, 6.07) is 5.92. The molecule has 6 nitrogen and oxygen atoms in total. The van der Waals surface area contributed by atoms with E-state index in [0.29, 0.717) is 13.0 Å². The fraction of sp³-hybridized carbons (Fsp3) is 0.545. The molecule has 2 aliphatic heterocycles. The molecule has 1 amide bonds. The summed E-state index contributed by atoms with van der Waals surface area (Å²) >= 11 is 0. The molecule has 2 fully saturated rings. The minimum absolute atomic E-state index is 0.164. The number of aromatic nitrogens is 3. The first kappa shape index (κ1) is 17.6. The Balaban J connectivity index is 1.36. The highest BCUT2D eigenvalue weighted by Crippen LogP contribution is 2.41. The van der Waals surface area contributed by atoms with Crippen molar-refractivity contribution in [3.8, 4) is 0 Å². The van der Waals surface area contributed by atoms with E-state index in [2.05, 4.69) is 19.9 Å². The van der Waals surface area contributed by atoms with Crippen molar-refractivity contribution in [1.82, 2.24) is 19.9 Å². The Kier molecular flexibility index (Phi) is 4.49. The highest BCUT2D eigenvalue weighted by molar-refractivity contribution is 5.77. The maximum absolute atomic E-state index is 12.6. The summed E-state index contributed by atoms with van der Waals surface area (Å²) in [5.74, 6) is 1.41. The summed E-state index contributed by atoms with van der Waals surface area (Å²) in [5.41, 5.74) is 3.73. The van der Waals surface area contributed by atoms with Crippen LogP contribution in [0.3, 0.4) is 0 Å². The molecule has 0 saturated carbocycles. The van der Waals surface area contributed by atoms with Gasteiger partial charge in [-0.3, -0.25) is 9.78 Å². The molecule has 2 aromatic rings. The molecule has 1 aliphatic carbocycles. The number of carbonyl (C=O) groups is 1. The van der Waals surface area contributed by atoms with Crippen LogP contribution in [0, 0.1) is 5.41 Å². The van der Waals surface area contributed by atoms with Gasteiger partial charge in [0.25, 0.3) is 0 Å². The summed E-state index contributed by atoms with van der Waals surface area (Å²) < 4.78 is 0. The minimum atomic E-state index is 0.164. The van der Waals surface area contributed by atoms with E-state index in [0.717, 1.165) is 56.8 Å². The Morgan fingerprint density at radius 2 is 1.96 bits per heavy atom. The normalized spacial score (nSPS) is 24.6. The predicted octanol–water partition coefficient (Wildman–Crippen LogP) is 2.77. The molecule has 3 aliphatic rings. The molecule has 0 N–H and O–H groups in total. The molecule has 1 spiro atoms. The van der Waals surface area contributed by atoms with Gasteiger partial charge in [-0.2, -0.15) is 0 Å². The fourth-order valence-electron chi connectivity index (χ4n) is 5.27. The molecule has 5 rings (SSSR count). The summed E-state index contributed by atoms with van der Waals surface area (Å²) in [7, 11) is 0. The SMILES string of the molecule is O=C1CC[C@]2(CCCN(c3ncnc4c3CCC4)C2)CN1Cc1ccccn1. The van der Waals surface area contributed by atoms with Gasteiger partial charge in [0, 0.05) is 48.9 Å². The third kappa shape index (κ3) is 3.25. The van der Waals surface area contributed by atoms with Gasteiger partial charge >= 0.3 is 0 Å². The molecule has 146 valence electrons. The van der Waals surface area contributed by atoms with Crippen LogP contribution in [-0.2, 0) is 24.2 Å². The van der Waals surface area contributed by atoms with Crippen LogP contribution in [0.2, 0.25) is 0 Å². The van der Waals surface area contributed by atoms with Gasteiger partial charge in [0.2, 0.25) is 5.91 Å². The van der Waals surface area contributed by atoms with E-state index < -0.39 is 0 Å². The first-order valence-electron chi connectivity index (χ1n) is 10.5. The molecule has 0 unspecified atom stereocenters. The number of aryl methyl sites for hydroxylation is 1. The van der Waals surface area contributed by atoms with E-state index in [9.17, 15) is 4.79 Å². The van der Waals surface area contributed by atoms with Gasteiger partial charge in [0.15, 0.2) is 0 Å². The summed E-state index contributed by atoms with van der Waals surface area (Å²) in [5, 5.41) is 0. The molecule has 2 saturated heterocycles.